The molecule has 2 aromatic heterocycles. The van der Waals surface area contributed by atoms with Gasteiger partial charge in [-0.25, -0.2) is 4.98 Å². The van der Waals surface area contributed by atoms with Crippen LogP contribution >= 0.6 is 0 Å². The van der Waals surface area contributed by atoms with Crippen LogP contribution in [0.4, 0.5) is 11.6 Å². The molecule has 0 saturated carbocycles. The van der Waals surface area contributed by atoms with E-state index >= 15 is 0 Å². The quantitative estimate of drug-likeness (QED) is 0.699. The summed E-state index contributed by atoms with van der Waals surface area (Å²) in [5.41, 5.74) is 9.09. The van der Waals surface area contributed by atoms with E-state index in [1.807, 2.05) is 22.8 Å². The Balaban J connectivity index is 0.000000516. The number of nitrogen functional groups attached to an aromatic ring is 1. The Morgan fingerprint density at radius 2 is 2.00 bits per heavy atom. The molecule has 1 fully saturated rings. The average molecular weight is 403 g/mol. The molecule has 1 atom stereocenters. The van der Waals surface area contributed by atoms with Gasteiger partial charge in [0.1, 0.15) is 18.0 Å². The molecule has 1 aliphatic rings. The maximum atomic E-state index is 9.56. The van der Waals surface area contributed by atoms with Gasteiger partial charge in [0.2, 0.25) is 5.95 Å². The number of anilines is 2. The first-order valence-corrected chi connectivity index (χ1v) is 11.0. The number of morpholine rings is 1. The molecule has 0 bridgehead atoms. The van der Waals surface area contributed by atoms with Crippen molar-refractivity contribution < 1.29 is 8.95 Å². The Morgan fingerprint density at radius 3 is 2.71 bits per heavy atom. The third-order valence-corrected chi connectivity index (χ3v) is 4.30. The molecule has 28 heavy (non-hydrogen) atoms. The smallest absolute Gasteiger partial charge is 0.239 e. The Labute approximate surface area is 167 Å². The SMILES string of the molecule is CS(C)=O.Cc1ccc2ncn(-c3nc(N)cc(N4CCOCC4C)n3)c2c1. The lowest BCUT2D eigenvalue weighted by molar-refractivity contribution is 0.0985. The molecule has 1 saturated heterocycles. The van der Waals surface area contributed by atoms with Crippen molar-refractivity contribution in [2.45, 2.75) is 19.9 Å². The first kappa shape index (κ1) is 20.2. The summed E-state index contributed by atoms with van der Waals surface area (Å²) in [7, 11) is -0.611. The molecule has 150 valence electrons. The number of hydrogen-bond donors (Lipinski definition) is 1. The average Bonchev–Trinajstić information content (AvgIpc) is 3.04. The van der Waals surface area contributed by atoms with E-state index in [0.29, 0.717) is 25.0 Å². The monoisotopic (exact) mass is 402 g/mol. The molecule has 0 aliphatic carbocycles. The highest BCUT2D eigenvalue weighted by Crippen LogP contribution is 2.23. The number of aryl methyl sites for hydroxylation is 1. The summed E-state index contributed by atoms with van der Waals surface area (Å²) in [6.07, 6.45) is 5.02. The summed E-state index contributed by atoms with van der Waals surface area (Å²) < 4.78 is 16.9. The highest BCUT2D eigenvalue weighted by atomic mass is 32.2. The van der Waals surface area contributed by atoms with Crippen molar-refractivity contribution in [3.63, 3.8) is 0 Å². The lowest BCUT2D eigenvalue weighted by Crippen LogP contribution is -2.44. The Morgan fingerprint density at radius 1 is 1.25 bits per heavy atom. The van der Waals surface area contributed by atoms with E-state index in [4.69, 9.17) is 15.5 Å². The minimum absolute atomic E-state index is 0.252. The molecule has 3 heterocycles. The predicted octanol–water partition coefficient (Wildman–Crippen LogP) is 1.93. The van der Waals surface area contributed by atoms with Gasteiger partial charge in [-0.1, -0.05) is 6.07 Å². The van der Waals surface area contributed by atoms with Gasteiger partial charge in [-0.3, -0.25) is 8.78 Å². The molecule has 3 aromatic rings. The molecule has 2 N–H and O–H groups in total. The summed E-state index contributed by atoms with van der Waals surface area (Å²) in [4.78, 5) is 15.8. The van der Waals surface area contributed by atoms with Crippen LogP contribution in [0.1, 0.15) is 12.5 Å². The second kappa shape index (κ2) is 8.66. The van der Waals surface area contributed by atoms with Gasteiger partial charge >= 0.3 is 0 Å². The van der Waals surface area contributed by atoms with E-state index in [1.165, 1.54) is 0 Å². The lowest BCUT2D eigenvalue weighted by atomic mass is 10.2. The van der Waals surface area contributed by atoms with Crippen molar-refractivity contribution in [3.8, 4) is 5.95 Å². The van der Waals surface area contributed by atoms with Gasteiger partial charge in [-0.05, 0) is 31.5 Å². The number of fused-ring (bicyclic) bond motifs is 1. The molecule has 1 aromatic carbocycles. The molecule has 0 radical (unpaired) electrons. The van der Waals surface area contributed by atoms with Crippen LogP contribution in [0.5, 0.6) is 0 Å². The van der Waals surface area contributed by atoms with E-state index < -0.39 is 10.8 Å². The van der Waals surface area contributed by atoms with Crippen molar-refractivity contribution in [1.29, 1.82) is 0 Å². The first-order chi connectivity index (χ1) is 13.3. The maximum absolute atomic E-state index is 9.56. The molecule has 1 aliphatic heterocycles. The number of nitrogens with two attached hydrogens (primary N) is 1. The topological polar surface area (TPSA) is 99.2 Å². The van der Waals surface area contributed by atoms with Crippen LogP contribution in [0.2, 0.25) is 0 Å². The lowest BCUT2D eigenvalue weighted by Gasteiger charge is -2.34. The highest BCUT2D eigenvalue weighted by Gasteiger charge is 2.21. The molecule has 0 amide bonds. The Bertz CT molecular complexity index is 986. The fourth-order valence-corrected chi connectivity index (χ4v) is 3.04. The number of ether oxygens (including phenoxy) is 1. The number of imidazole rings is 1. The van der Waals surface area contributed by atoms with Crippen LogP contribution in [0.25, 0.3) is 17.0 Å². The standard InChI is InChI=1S/C17H20N6O.C2H6OS/c1-11-3-4-13-14(7-11)23(10-19-13)17-20-15(18)8-16(21-17)22-5-6-24-9-12(22)2;1-4(2)3/h3-4,7-8,10,12H,5-6,9H2,1-2H3,(H2,18,20,21);1-2H3. The van der Waals surface area contributed by atoms with E-state index in [0.717, 1.165) is 29.0 Å². The molecular formula is C19H26N6O2S. The minimum Gasteiger partial charge on any atom is -0.383 e. The largest absolute Gasteiger partial charge is 0.383 e. The summed E-state index contributed by atoms with van der Waals surface area (Å²) >= 11 is 0. The van der Waals surface area contributed by atoms with Gasteiger partial charge < -0.3 is 15.4 Å². The highest BCUT2D eigenvalue weighted by molar-refractivity contribution is 7.83. The van der Waals surface area contributed by atoms with Crippen molar-refractivity contribution in [3.05, 3.63) is 36.2 Å². The number of hydrogen-bond acceptors (Lipinski definition) is 7. The molecule has 8 nitrogen and oxygen atoms in total. The fourth-order valence-electron chi connectivity index (χ4n) is 3.04. The van der Waals surface area contributed by atoms with E-state index in [2.05, 4.69) is 34.8 Å². The molecule has 9 heteroatoms. The van der Waals surface area contributed by atoms with Crippen LogP contribution in [0.3, 0.4) is 0 Å². The van der Waals surface area contributed by atoms with Gasteiger partial charge in [0, 0.05) is 35.9 Å². The van der Waals surface area contributed by atoms with Gasteiger partial charge in [0.15, 0.2) is 0 Å². The minimum atomic E-state index is -0.611. The molecule has 1 unspecified atom stereocenters. The van der Waals surface area contributed by atoms with Gasteiger partial charge in [0.25, 0.3) is 0 Å². The summed E-state index contributed by atoms with van der Waals surface area (Å²) in [5, 5.41) is 0. The third-order valence-electron chi connectivity index (χ3n) is 4.30. The number of rotatable bonds is 2. The molecule has 4 rings (SSSR count). The molecule has 0 spiro atoms. The van der Waals surface area contributed by atoms with Crippen LogP contribution in [0, 0.1) is 6.92 Å². The summed E-state index contributed by atoms with van der Waals surface area (Å²) in [6.45, 7) is 6.34. The van der Waals surface area contributed by atoms with Gasteiger partial charge in [-0.15, -0.1) is 0 Å². The van der Waals surface area contributed by atoms with E-state index in [1.54, 1.807) is 18.8 Å². The van der Waals surface area contributed by atoms with Crippen molar-refractivity contribution >= 4 is 33.5 Å². The van der Waals surface area contributed by atoms with Crippen LogP contribution in [-0.4, -0.2) is 62.0 Å². The zero-order chi connectivity index (χ0) is 20.3. The fraction of sp³-hybridized carbons (Fsp3) is 0.421. The van der Waals surface area contributed by atoms with Crippen LogP contribution in [0.15, 0.2) is 30.6 Å². The maximum Gasteiger partial charge on any atom is 0.239 e. The number of benzene rings is 1. The van der Waals surface area contributed by atoms with Gasteiger partial charge in [-0.2, -0.15) is 9.97 Å². The van der Waals surface area contributed by atoms with E-state index in [-0.39, 0.29) is 6.04 Å². The number of aromatic nitrogens is 4. The van der Waals surface area contributed by atoms with Crippen molar-refractivity contribution in [2.24, 2.45) is 0 Å². The van der Waals surface area contributed by atoms with Crippen LogP contribution in [-0.2, 0) is 15.5 Å². The normalized spacial score (nSPS) is 16.9. The van der Waals surface area contributed by atoms with Crippen molar-refractivity contribution in [2.75, 3.05) is 42.9 Å². The van der Waals surface area contributed by atoms with Gasteiger partial charge in [0.05, 0.1) is 30.3 Å². The summed E-state index contributed by atoms with van der Waals surface area (Å²) in [6, 6.07) is 8.18. The van der Waals surface area contributed by atoms with E-state index in [9.17, 15) is 4.21 Å². The predicted molar refractivity (Wildman–Crippen MR) is 113 cm³/mol. The second-order valence-corrected chi connectivity index (χ2v) is 8.40. The summed E-state index contributed by atoms with van der Waals surface area (Å²) in [5.74, 6) is 1.81. The zero-order valence-electron chi connectivity index (χ0n) is 16.6. The first-order valence-electron chi connectivity index (χ1n) is 9.03. The zero-order valence-corrected chi connectivity index (χ0v) is 17.4. The Hall–Kier alpha value is -2.52. The third kappa shape index (κ3) is 4.66. The molecular weight excluding hydrogens is 376 g/mol. The number of nitrogens with zero attached hydrogens (tertiary/aromatic N) is 5. The van der Waals surface area contributed by atoms with Crippen LogP contribution < -0.4 is 10.6 Å². The second-order valence-electron chi connectivity index (χ2n) is 6.92. The Kier molecular flexibility index (Phi) is 6.25. The van der Waals surface area contributed by atoms with Crippen molar-refractivity contribution in [1.82, 2.24) is 19.5 Å².